The first kappa shape index (κ1) is 18.3. The van der Waals surface area contributed by atoms with Crippen molar-refractivity contribution in [2.45, 2.75) is 0 Å². The number of hydrogen-bond donors (Lipinski definition) is 0. The van der Waals surface area contributed by atoms with E-state index in [9.17, 15) is 0 Å². The van der Waals surface area contributed by atoms with E-state index in [-0.39, 0.29) is 0 Å². The van der Waals surface area contributed by atoms with Crippen LogP contribution in [-0.4, -0.2) is 29.0 Å². The Morgan fingerprint density at radius 2 is 1.50 bits per heavy atom. The summed E-state index contributed by atoms with van der Waals surface area (Å²) in [5.41, 5.74) is 4.78. The SMILES string of the molecule is COc1ccc(-c2cc(-c3ccncc3)nn2-c2ccc(Br)cc2)cc1OC. The molecule has 0 radical (unpaired) electrons. The maximum atomic E-state index is 5.48. The minimum absolute atomic E-state index is 0.675. The lowest BCUT2D eigenvalue weighted by molar-refractivity contribution is 0.355. The lowest BCUT2D eigenvalue weighted by atomic mass is 10.1. The summed E-state index contributed by atoms with van der Waals surface area (Å²) in [6.07, 6.45) is 3.54. The molecule has 2 aromatic carbocycles. The predicted molar refractivity (Wildman–Crippen MR) is 113 cm³/mol. The average Bonchev–Trinajstić information content (AvgIpc) is 3.20. The largest absolute Gasteiger partial charge is 0.493 e. The topological polar surface area (TPSA) is 49.2 Å². The molecule has 0 amide bonds. The second-order valence-corrected chi connectivity index (χ2v) is 7.02. The summed E-state index contributed by atoms with van der Waals surface area (Å²) in [5, 5.41) is 4.86. The van der Waals surface area contributed by atoms with Crippen molar-refractivity contribution in [2.75, 3.05) is 14.2 Å². The predicted octanol–water partition coefficient (Wildman–Crippen LogP) is 5.38. The number of nitrogens with zero attached hydrogens (tertiary/aromatic N) is 3. The Labute approximate surface area is 171 Å². The maximum absolute atomic E-state index is 5.48. The first-order chi connectivity index (χ1) is 13.7. The summed E-state index contributed by atoms with van der Waals surface area (Å²) in [7, 11) is 3.27. The molecule has 0 saturated heterocycles. The third kappa shape index (κ3) is 3.51. The number of pyridine rings is 1. The molecule has 0 unspecified atom stereocenters. The molecule has 28 heavy (non-hydrogen) atoms. The van der Waals surface area contributed by atoms with E-state index in [1.807, 2.05) is 59.3 Å². The van der Waals surface area contributed by atoms with Crippen LogP contribution in [0.2, 0.25) is 0 Å². The van der Waals surface area contributed by atoms with Gasteiger partial charge in [0.1, 0.15) is 0 Å². The zero-order chi connectivity index (χ0) is 19.5. The molecular formula is C22H18BrN3O2. The molecule has 4 rings (SSSR count). The molecule has 0 aliphatic heterocycles. The van der Waals surface area contributed by atoms with Crippen LogP contribution in [0, 0.1) is 0 Å². The molecule has 0 saturated carbocycles. The summed E-state index contributed by atoms with van der Waals surface area (Å²) >= 11 is 3.49. The van der Waals surface area contributed by atoms with Gasteiger partial charge in [-0.25, -0.2) is 4.68 Å². The monoisotopic (exact) mass is 435 g/mol. The van der Waals surface area contributed by atoms with Gasteiger partial charge in [0.25, 0.3) is 0 Å². The first-order valence-corrected chi connectivity index (χ1v) is 9.47. The van der Waals surface area contributed by atoms with Crippen LogP contribution < -0.4 is 9.47 Å². The normalized spacial score (nSPS) is 10.7. The van der Waals surface area contributed by atoms with E-state index < -0.39 is 0 Å². The molecular weight excluding hydrogens is 418 g/mol. The molecule has 0 atom stereocenters. The fraction of sp³-hybridized carbons (Fsp3) is 0.0909. The summed E-state index contributed by atoms with van der Waals surface area (Å²) in [6.45, 7) is 0. The lowest BCUT2D eigenvalue weighted by Crippen LogP contribution is -1.99. The highest BCUT2D eigenvalue weighted by Crippen LogP contribution is 2.35. The Kier molecular flexibility index (Phi) is 5.12. The summed E-state index contributed by atoms with van der Waals surface area (Å²) in [4.78, 5) is 4.10. The molecule has 0 bridgehead atoms. The second-order valence-electron chi connectivity index (χ2n) is 6.11. The van der Waals surface area contributed by atoms with Gasteiger partial charge in [-0.15, -0.1) is 0 Å². The van der Waals surface area contributed by atoms with Crippen molar-refractivity contribution >= 4 is 15.9 Å². The van der Waals surface area contributed by atoms with E-state index in [1.54, 1.807) is 26.6 Å². The van der Waals surface area contributed by atoms with Gasteiger partial charge in [0.05, 0.1) is 31.3 Å². The quantitative estimate of drug-likeness (QED) is 0.422. The molecule has 140 valence electrons. The van der Waals surface area contributed by atoms with E-state index in [2.05, 4.69) is 27.0 Å². The van der Waals surface area contributed by atoms with E-state index in [4.69, 9.17) is 14.6 Å². The van der Waals surface area contributed by atoms with Crippen LogP contribution in [0.3, 0.4) is 0 Å². The molecule has 0 aliphatic rings. The van der Waals surface area contributed by atoms with Crippen LogP contribution in [0.4, 0.5) is 0 Å². The number of ether oxygens (including phenoxy) is 2. The van der Waals surface area contributed by atoms with Crippen molar-refractivity contribution in [1.29, 1.82) is 0 Å². The van der Waals surface area contributed by atoms with Gasteiger partial charge in [-0.05, 0) is 60.7 Å². The van der Waals surface area contributed by atoms with Crippen LogP contribution in [0.5, 0.6) is 11.5 Å². The molecule has 2 heterocycles. The van der Waals surface area contributed by atoms with Gasteiger partial charge in [0.2, 0.25) is 0 Å². The molecule has 0 fully saturated rings. The van der Waals surface area contributed by atoms with Gasteiger partial charge in [-0.1, -0.05) is 15.9 Å². The molecule has 4 aromatic rings. The van der Waals surface area contributed by atoms with Crippen molar-refractivity contribution < 1.29 is 9.47 Å². The minimum Gasteiger partial charge on any atom is -0.493 e. The van der Waals surface area contributed by atoms with E-state index >= 15 is 0 Å². The van der Waals surface area contributed by atoms with Crippen LogP contribution in [0.25, 0.3) is 28.2 Å². The minimum atomic E-state index is 0.675. The van der Waals surface area contributed by atoms with Crippen LogP contribution >= 0.6 is 15.9 Å². The highest BCUT2D eigenvalue weighted by Gasteiger charge is 2.15. The van der Waals surface area contributed by atoms with Crippen LogP contribution in [-0.2, 0) is 0 Å². The van der Waals surface area contributed by atoms with Crippen LogP contribution in [0.1, 0.15) is 0 Å². The summed E-state index contributed by atoms with van der Waals surface area (Å²) in [5.74, 6) is 1.37. The number of rotatable bonds is 5. The number of hydrogen-bond acceptors (Lipinski definition) is 4. The number of methoxy groups -OCH3 is 2. The van der Waals surface area contributed by atoms with Crippen molar-refractivity contribution in [1.82, 2.24) is 14.8 Å². The number of aromatic nitrogens is 3. The maximum Gasteiger partial charge on any atom is 0.161 e. The zero-order valence-electron chi connectivity index (χ0n) is 15.5. The van der Waals surface area contributed by atoms with Gasteiger partial charge < -0.3 is 9.47 Å². The summed E-state index contributed by atoms with van der Waals surface area (Å²) in [6, 6.07) is 19.9. The van der Waals surface area contributed by atoms with Gasteiger partial charge >= 0.3 is 0 Å². The van der Waals surface area contributed by atoms with Crippen molar-refractivity contribution in [2.24, 2.45) is 0 Å². The summed E-state index contributed by atoms with van der Waals surface area (Å²) < 4.78 is 13.8. The Morgan fingerprint density at radius 3 is 2.18 bits per heavy atom. The number of benzene rings is 2. The zero-order valence-corrected chi connectivity index (χ0v) is 17.1. The Hall–Kier alpha value is -3.12. The Bertz CT molecular complexity index is 1090. The van der Waals surface area contributed by atoms with Crippen molar-refractivity contribution in [3.8, 4) is 39.7 Å². The molecule has 0 N–H and O–H groups in total. The van der Waals surface area contributed by atoms with E-state index in [1.165, 1.54) is 0 Å². The first-order valence-electron chi connectivity index (χ1n) is 8.68. The van der Waals surface area contributed by atoms with Gasteiger partial charge in [-0.2, -0.15) is 5.10 Å². The third-order valence-corrected chi connectivity index (χ3v) is 4.96. The molecule has 6 heteroatoms. The fourth-order valence-electron chi connectivity index (χ4n) is 3.03. The van der Waals surface area contributed by atoms with Crippen molar-refractivity contribution in [3.63, 3.8) is 0 Å². The molecule has 0 spiro atoms. The Morgan fingerprint density at radius 1 is 0.786 bits per heavy atom. The van der Waals surface area contributed by atoms with Gasteiger partial charge in [0, 0.05) is 28.0 Å². The molecule has 5 nitrogen and oxygen atoms in total. The fourth-order valence-corrected chi connectivity index (χ4v) is 3.29. The number of halogens is 1. The standard InChI is InChI=1S/C22H18BrN3O2/c1-27-21-8-3-16(13-22(21)28-2)20-14-19(15-9-11-24-12-10-15)25-26(20)18-6-4-17(23)5-7-18/h3-14H,1-2H3. The lowest BCUT2D eigenvalue weighted by Gasteiger charge is -2.11. The van der Waals surface area contributed by atoms with E-state index in [0.717, 1.165) is 32.7 Å². The van der Waals surface area contributed by atoms with Gasteiger partial charge in [-0.3, -0.25) is 4.98 Å². The third-order valence-electron chi connectivity index (χ3n) is 4.44. The Balaban J connectivity index is 1.90. The average molecular weight is 436 g/mol. The highest BCUT2D eigenvalue weighted by atomic mass is 79.9. The smallest absolute Gasteiger partial charge is 0.161 e. The van der Waals surface area contributed by atoms with Gasteiger partial charge in [0.15, 0.2) is 11.5 Å². The van der Waals surface area contributed by atoms with E-state index in [0.29, 0.717) is 11.5 Å². The van der Waals surface area contributed by atoms with Crippen molar-refractivity contribution in [3.05, 3.63) is 77.5 Å². The highest BCUT2D eigenvalue weighted by molar-refractivity contribution is 9.10. The van der Waals surface area contributed by atoms with Crippen LogP contribution in [0.15, 0.2) is 77.5 Å². The molecule has 2 aromatic heterocycles. The second kappa shape index (κ2) is 7.86. The molecule has 0 aliphatic carbocycles.